The van der Waals surface area contributed by atoms with Crippen LogP contribution in [0.4, 0.5) is 8.78 Å². The third kappa shape index (κ3) is 3.13. The minimum Gasteiger partial charge on any atom is -0.293 e. The van der Waals surface area contributed by atoms with Crippen LogP contribution in [-0.4, -0.2) is 16.5 Å². The third-order valence-corrected chi connectivity index (χ3v) is 3.17. The third-order valence-electron chi connectivity index (χ3n) is 2.23. The van der Waals surface area contributed by atoms with Gasteiger partial charge in [-0.2, -0.15) is 0 Å². The summed E-state index contributed by atoms with van der Waals surface area (Å²) < 4.78 is 25.7. The molecule has 0 atom stereocenters. The molecule has 0 amide bonds. The smallest absolute Gasteiger partial charge is 0.173 e. The number of benzene rings is 1. The first-order chi connectivity index (χ1) is 8.66. The number of carbonyl (C=O) groups is 1. The number of rotatable bonds is 4. The van der Waals surface area contributed by atoms with Gasteiger partial charge in [0.2, 0.25) is 0 Å². The van der Waals surface area contributed by atoms with Gasteiger partial charge < -0.3 is 0 Å². The van der Waals surface area contributed by atoms with E-state index in [-0.39, 0.29) is 17.1 Å². The minimum atomic E-state index is -1.01. The van der Waals surface area contributed by atoms with Crippen LogP contribution < -0.4 is 0 Å². The second kappa shape index (κ2) is 5.73. The van der Waals surface area contributed by atoms with Crippen molar-refractivity contribution in [3.63, 3.8) is 0 Å². The minimum absolute atomic E-state index is 0.141. The van der Waals surface area contributed by atoms with E-state index in [2.05, 4.69) is 4.98 Å². The molecule has 0 fully saturated rings. The van der Waals surface area contributed by atoms with Gasteiger partial charge in [-0.15, -0.1) is 0 Å². The molecule has 0 aliphatic heterocycles. The predicted molar refractivity (Wildman–Crippen MR) is 65.6 cm³/mol. The zero-order valence-corrected chi connectivity index (χ0v) is 10.1. The second-order valence-corrected chi connectivity index (χ2v) is 4.50. The Hall–Kier alpha value is -1.75. The van der Waals surface area contributed by atoms with Crippen molar-refractivity contribution < 1.29 is 13.6 Å². The maximum atomic E-state index is 13.0. The number of hydrogen-bond acceptors (Lipinski definition) is 3. The molecule has 0 spiro atoms. The zero-order valence-electron chi connectivity index (χ0n) is 9.27. The lowest BCUT2D eigenvalue weighted by Crippen LogP contribution is -2.03. The molecular weight excluding hydrogens is 256 g/mol. The monoisotopic (exact) mass is 265 g/mol. The number of hydrogen-bond donors (Lipinski definition) is 0. The van der Waals surface area contributed by atoms with Gasteiger partial charge in [0.25, 0.3) is 0 Å². The average Bonchev–Trinajstić information content (AvgIpc) is 2.40. The molecule has 0 aliphatic rings. The van der Waals surface area contributed by atoms with E-state index in [4.69, 9.17) is 0 Å². The standard InChI is InChI=1S/C13H9F2NOS/c14-10-5-4-9(7-11(10)15)12(17)8-18-13-3-1-2-6-16-13/h1-7H,8H2. The maximum Gasteiger partial charge on any atom is 0.173 e. The molecule has 1 aromatic heterocycles. The molecule has 0 unspecified atom stereocenters. The summed E-state index contributed by atoms with van der Waals surface area (Å²) in [6.07, 6.45) is 1.63. The van der Waals surface area contributed by atoms with Crippen LogP contribution in [0.15, 0.2) is 47.6 Å². The molecular formula is C13H9F2NOS. The molecule has 0 radical (unpaired) electrons. The van der Waals surface area contributed by atoms with E-state index in [1.165, 1.54) is 17.8 Å². The van der Waals surface area contributed by atoms with Crippen molar-refractivity contribution in [2.24, 2.45) is 0 Å². The Balaban J connectivity index is 2.02. The van der Waals surface area contributed by atoms with Crippen LogP contribution in [0.2, 0.25) is 0 Å². The van der Waals surface area contributed by atoms with Gasteiger partial charge in [0.15, 0.2) is 17.4 Å². The topological polar surface area (TPSA) is 30.0 Å². The van der Waals surface area contributed by atoms with Crippen LogP contribution in [0.3, 0.4) is 0 Å². The fraction of sp³-hybridized carbons (Fsp3) is 0.0769. The first kappa shape index (κ1) is 12.7. The Morgan fingerprint density at radius 2 is 2.00 bits per heavy atom. The van der Waals surface area contributed by atoms with Crippen molar-refractivity contribution in [2.45, 2.75) is 5.03 Å². The fourth-order valence-corrected chi connectivity index (χ4v) is 2.08. The summed E-state index contributed by atoms with van der Waals surface area (Å²) in [6, 6.07) is 8.52. The summed E-state index contributed by atoms with van der Waals surface area (Å²) in [5.41, 5.74) is 0.164. The zero-order chi connectivity index (χ0) is 13.0. The highest BCUT2D eigenvalue weighted by Crippen LogP contribution is 2.17. The molecule has 18 heavy (non-hydrogen) atoms. The number of aromatic nitrogens is 1. The Morgan fingerprint density at radius 1 is 1.17 bits per heavy atom. The molecule has 0 saturated heterocycles. The van der Waals surface area contributed by atoms with Crippen molar-refractivity contribution in [1.82, 2.24) is 4.98 Å². The van der Waals surface area contributed by atoms with Gasteiger partial charge in [0.1, 0.15) is 0 Å². The first-order valence-electron chi connectivity index (χ1n) is 5.19. The van der Waals surface area contributed by atoms with Crippen LogP contribution in [0.25, 0.3) is 0 Å². The average molecular weight is 265 g/mol. The Kier molecular flexibility index (Phi) is 4.04. The number of Topliss-reactive ketones (excluding diaryl/α,β-unsaturated/α-hetero) is 1. The van der Waals surface area contributed by atoms with Gasteiger partial charge in [-0.3, -0.25) is 4.79 Å². The lowest BCUT2D eigenvalue weighted by molar-refractivity contribution is 0.102. The van der Waals surface area contributed by atoms with Crippen molar-refractivity contribution in [2.75, 3.05) is 5.75 Å². The van der Waals surface area contributed by atoms with Crippen LogP contribution in [0.5, 0.6) is 0 Å². The van der Waals surface area contributed by atoms with E-state index in [0.29, 0.717) is 5.03 Å². The molecule has 0 N–H and O–H groups in total. The Bertz CT molecular complexity index is 560. The van der Waals surface area contributed by atoms with Crippen molar-refractivity contribution in [1.29, 1.82) is 0 Å². The van der Waals surface area contributed by atoms with Gasteiger partial charge >= 0.3 is 0 Å². The largest absolute Gasteiger partial charge is 0.293 e. The van der Waals surface area contributed by atoms with E-state index in [9.17, 15) is 13.6 Å². The number of thioether (sulfide) groups is 1. The van der Waals surface area contributed by atoms with Crippen LogP contribution in [0, 0.1) is 11.6 Å². The molecule has 2 nitrogen and oxygen atoms in total. The van der Waals surface area contributed by atoms with Crippen molar-refractivity contribution in [3.05, 3.63) is 59.8 Å². The van der Waals surface area contributed by atoms with Gasteiger partial charge in [0.05, 0.1) is 10.8 Å². The number of halogens is 2. The number of pyridine rings is 1. The molecule has 1 aromatic carbocycles. The van der Waals surface area contributed by atoms with Crippen molar-refractivity contribution in [3.8, 4) is 0 Å². The molecule has 2 rings (SSSR count). The number of nitrogens with zero attached hydrogens (tertiary/aromatic N) is 1. The quantitative estimate of drug-likeness (QED) is 0.627. The van der Waals surface area contributed by atoms with E-state index < -0.39 is 11.6 Å². The van der Waals surface area contributed by atoms with Crippen LogP contribution in [-0.2, 0) is 0 Å². The van der Waals surface area contributed by atoms with Crippen molar-refractivity contribution >= 4 is 17.5 Å². The summed E-state index contributed by atoms with van der Waals surface area (Å²) >= 11 is 1.26. The fourth-order valence-electron chi connectivity index (χ4n) is 1.32. The Morgan fingerprint density at radius 3 is 2.67 bits per heavy atom. The molecule has 0 bridgehead atoms. The van der Waals surface area contributed by atoms with Gasteiger partial charge in [-0.1, -0.05) is 17.8 Å². The van der Waals surface area contributed by atoms with Crippen LogP contribution >= 0.6 is 11.8 Å². The normalized spacial score (nSPS) is 10.3. The highest BCUT2D eigenvalue weighted by atomic mass is 32.2. The molecule has 2 aromatic rings. The SMILES string of the molecule is O=C(CSc1ccccn1)c1ccc(F)c(F)c1. The summed E-state index contributed by atoms with van der Waals surface area (Å²) in [6.45, 7) is 0. The molecule has 5 heteroatoms. The van der Waals surface area contributed by atoms with Gasteiger partial charge in [0, 0.05) is 11.8 Å². The lowest BCUT2D eigenvalue weighted by atomic mass is 10.1. The summed E-state index contributed by atoms with van der Waals surface area (Å²) in [5, 5.41) is 0.716. The molecule has 0 saturated carbocycles. The van der Waals surface area contributed by atoms with E-state index >= 15 is 0 Å². The first-order valence-corrected chi connectivity index (χ1v) is 6.17. The number of ketones is 1. The summed E-state index contributed by atoms with van der Waals surface area (Å²) in [4.78, 5) is 15.8. The van der Waals surface area contributed by atoms with Gasteiger partial charge in [-0.25, -0.2) is 13.8 Å². The summed E-state index contributed by atoms with van der Waals surface area (Å²) in [5.74, 6) is -2.08. The molecule has 1 heterocycles. The lowest BCUT2D eigenvalue weighted by Gasteiger charge is -2.01. The Labute approximate surface area is 107 Å². The van der Waals surface area contributed by atoms with E-state index in [1.807, 2.05) is 6.07 Å². The summed E-state index contributed by atoms with van der Waals surface area (Å²) in [7, 11) is 0. The molecule has 0 aliphatic carbocycles. The molecule has 92 valence electrons. The highest BCUT2D eigenvalue weighted by molar-refractivity contribution is 7.99. The van der Waals surface area contributed by atoms with E-state index in [1.54, 1.807) is 18.3 Å². The number of carbonyl (C=O) groups excluding carboxylic acids is 1. The van der Waals surface area contributed by atoms with Crippen LogP contribution in [0.1, 0.15) is 10.4 Å². The van der Waals surface area contributed by atoms with E-state index in [0.717, 1.165) is 12.1 Å². The second-order valence-electron chi connectivity index (χ2n) is 3.51. The highest BCUT2D eigenvalue weighted by Gasteiger charge is 2.10. The van der Waals surface area contributed by atoms with Gasteiger partial charge in [-0.05, 0) is 30.3 Å². The predicted octanol–water partition coefficient (Wildman–Crippen LogP) is 3.33. The maximum absolute atomic E-state index is 13.0.